The summed E-state index contributed by atoms with van der Waals surface area (Å²) in [5.41, 5.74) is 4.03. The second-order valence-corrected chi connectivity index (χ2v) is 14.5. The Hall–Kier alpha value is -5.62. The van der Waals surface area contributed by atoms with Crippen LogP contribution in [0.3, 0.4) is 0 Å². The molecule has 2 atom stereocenters. The first-order chi connectivity index (χ1) is 25.5. The van der Waals surface area contributed by atoms with E-state index in [2.05, 4.69) is 58.7 Å². The number of aliphatic hydroxyl groups excluding tert-OH is 1. The quantitative estimate of drug-likeness (QED) is 0.166. The molecule has 4 aromatic rings. The van der Waals surface area contributed by atoms with Crippen LogP contribution in [-0.4, -0.2) is 61.8 Å². The minimum atomic E-state index is -0.983. The van der Waals surface area contributed by atoms with Gasteiger partial charge in [0.1, 0.15) is 30.3 Å². The molecule has 3 heterocycles. The van der Waals surface area contributed by atoms with E-state index in [-0.39, 0.29) is 48.1 Å². The van der Waals surface area contributed by atoms with E-state index < -0.39 is 35.8 Å². The van der Waals surface area contributed by atoms with Crippen LogP contribution in [0.2, 0.25) is 0 Å². The normalized spacial score (nSPS) is 20.8. The standard InChI is InChI=1S/C41H43N5O7/c1-24(47)37-42-21-20-29(44-37)23-52-30-11-4-25(5-12-30)41(2,3)26-6-13-31(14-7-26)53-32-15-8-27(9-16-32)43-28-10-17-33-34(22-28)40(51)46(39(33)50)35-18-19-36(48)45-38(35)49/h4-7,10-14,17,20-22,24,27,32,35,43,47H,8-9,15-16,18-19,23H2,1-3H3,(H,45,48,49). The van der Waals surface area contributed by atoms with Crippen LogP contribution in [0, 0.1) is 0 Å². The van der Waals surface area contributed by atoms with Gasteiger partial charge in [-0.1, -0.05) is 38.1 Å². The molecule has 3 N–H and O–H groups in total. The number of piperidine rings is 1. The van der Waals surface area contributed by atoms with E-state index in [0.29, 0.717) is 11.5 Å². The van der Waals surface area contributed by atoms with Gasteiger partial charge in [0.2, 0.25) is 11.8 Å². The third-order valence-corrected chi connectivity index (χ3v) is 10.4. The number of amides is 4. The fourth-order valence-electron chi connectivity index (χ4n) is 7.25. The van der Waals surface area contributed by atoms with Crippen molar-refractivity contribution in [3.05, 3.63) is 113 Å². The molecule has 2 aliphatic heterocycles. The van der Waals surface area contributed by atoms with Gasteiger partial charge in [-0.25, -0.2) is 9.97 Å². The number of imide groups is 2. The van der Waals surface area contributed by atoms with Gasteiger partial charge in [-0.2, -0.15) is 0 Å². The summed E-state index contributed by atoms with van der Waals surface area (Å²) in [6, 6.07) is 22.4. The highest BCUT2D eigenvalue weighted by Gasteiger charge is 2.44. The zero-order chi connectivity index (χ0) is 37.3. The Kier molecular flexibility index (Phi) is 9.98. The monoisotopic (exact) mass is 717 g/mol. The van der Waals surface area contributed by atoms with Crippen molar-refractivity contribution in [1.82, 2.24) is 20.2 Å². The second kappa shape index (κ2) is 14.8. The Labute approximate surface area is 307 Å². The maximum absolute atomic E-state index is 13.2. The van der Waals surface area contributed by atoms with Gasteiger partial charge < -0.3 is 19.9 Å². The number of carbonyl (C=O) groups is 4. The Morgan fingerprint density at radius 3 is 2.19 bits per heavy atom. The summed E-state index contributed by atoms with van der Waals surface area (Å²) in [6.45, 7) is 6.29. The molecule has 1 saturated carbocycles. The Morgan fingerprint density at radius 2 is 1.53 bits per heavy atom. The van der Waals surface area contributed by atoms with Gasteiger partial charge >= 0.3 is 0 Å². The lowest BCUT2D eigenvalue weighted by molar-refractivity contribution is -0.136. The van der Waals surface area contributed by atoms with Crippen LogP contribution in [0.1, 0.15) is 109 Å². The van der Waals surface area contributed by atoms with Crippen LogP contribution in [0.4, 0.5) is 5.69 Å². The van der Waals surface area contributed by atoms with E-state index in [4.69, 9.17) is 9.47 Å². The Morgan fingerprint density at radius 1 is 0.868 bits per heavy atom. The van der Waals surface area contributed by atoms with E-state index in [9.17, 15) is 24.3 Å². The summed E-state index contributed by atoms with van der Waals surface area (Å²) in [5.74, 6) is -0.109. The molecule has 2 unspecified atom stereocenters. The molecule has 2 fully saturated rings. The lowest BCUT2D eigenvalue weighted by Crippen LogP contribution is -2.54. The number of rotatable bonds is 11. The van der Waals surface area contributed by atoms with Crippen LogP contribution < -0.4 is 20.1 Å². The van der Waals surface area contributed by atoms with Crippen LogP contribution in [0.25, 0.3) is 0 Å². The van der Waals surface area contributed by atoms with Crippen molar-refractivity contribution in [1.29, 1.82) is 0 Å². The van der Waals surface area contributed by atoms with Gasteiger partial charge in [-0.3, -0.25) is 29.4 Å². The summed E-state index contributed by atoms with van der Waals surface area (Å²) in [4.78, 5) is 59.6. The highest BCUT2D eigenvalue weighted by atomic mass is 16.5. The van der Waals surface area contributed by atoms with Crippen molar-refractivity contribution < 1.29 is 33.8 Å². The van der Waals surface area contributed by atoms with Gasteiger partial charge in [0.15, 0.2) is 5.82 Å². The molecule has 0 spiro atoms. The summed E-state index contributed by atoms with van der Waals surface area (Å²) in [5, 5.41) is 15.5. The van der Waals surface area contributed by atoms with Gasteiger partial charge in [-0.15, -0.1) is 0 Å². The molecular weight excluding hydrogens is 674 g/mol. The van der Waals surface area contributed by atoms with Crippen molar-refractivity contribution in [3.8, 4) is 11.5 Å². The molecule has 3 aliphatic rings. The van der Waals surface area contributed by atoms with Crippen LogP contribution in [0.5, 0.6) is 11.5 Å². The first kappa shape index (κ1) is 35.8. The first-order valence-corrected chi connectivity index (χ1v) is 18.1. The molecule has 274 valence electrons. The summed E-state index contributed by atoms with van der Waals surface area (Å²) < 4.78 is 12.3. The molecule has 53 heavy (non-hydrogen) atoms. The van der Waals surface area contributed by atoms with Gasteiger partial charge in [0, 0.05) is 29.8 Å². The minimum Gasteiger partial charge on any atom is -0.490 e. The molecular formula is C41H43N5O7. The number of benzene rings is 3. The zero-order valence-corrected chi connectivity index (χ0v) is 30.0. The molecule has 1 aliphatic carbocycles. The van der Waals surface area contributed by atoms with Crippen LogP contribution >= 0.6 is 0 Å². The number of ether oxygens (including phenoxy) is 2. The predicted octanol–water partition coefficient (Wildman–Crippen LogP) is 5.64. The summed E-state index contributed by atoms with van der Waals surface area (Å²) in [7, 11) is 0. The average molecular weight is 718 g/mol. The highest BCUT2D eigenvalue weighted by Crippen LogP contribution is 2.35. The van der Waals surface area contributed by atoms with E-state index in [1.165, 1.54) is 0 Å². The van der Waals surface area contributed by atoms with Crippen molar-refractivity contribution in [2.45, 2.75) is 95.6 Å². The lowest BCUT2D eigenvalue weighted by Gasteiger charge is -2.30. The van der Waals surface area contributed by atoms with E-state index in [0.717, 1.165) is 58.9 Å². The van der Waals surface area contributed by atoms with Crippen molar-refractivity contribution in [2.24, 2.45) is 0 Å². The fourth-order valence-corrected chi connectivity index (χ4v) is 7.25. The molecule has 3 aromatic carbocycles. The molecule has 0 radical (unpaired) electrons. The minimum absolute atomic E-state index is 0.0841. The maximum atomic E-state index is 13.2. The lowest BCUT2D eigenvalue weighted by atomic mass is 9.78. The molecule has 12 heteroatoms. The van der Waals surface area contributed by atoms with E-state index in [1.807, 2.05) is 24.3 Å². The molecule has 12 nitrogen and oxygen atoms in total. The largest absolute Gasteiger partial charge is 0.490 e. The van der Waals surface area contributed by atoms with Crippen LogP contribution in [0.15, 0.2) is 79.0 Å². The third kappa shape index (κ3) is 7.64. The molecule has 1 aromatic heterocycles. The summed E-state index contributed by atoms with van der Waals surface area (Å²) >= 11 is 0. The number of hydrogen-bond acceptors (Lipinski definition) is 10. The second-order valence-electron chi connectivity index (χ2n) is 14.5. The number of carbonyl (C=O) groups excluding carboxylic acids is 4. The van der Waals surface area contributed by atoms with Gasteiger partial charge in [0.25, 0.3) is 11.8 Å². The highest BCUT2D eigenvalue weighted by molar-refractivity contribution is 6.23. The zero-order valence-electron chi connectivity index (χ0n) is 30.0. The maximum Gasteiger partial charge on any atom is 0.262 e. The van der Waals surface area contributed by atoms with E-state index in [1.54, 1.807) is 37.4 Å². The predicted molar refractivity (Wildman–Crippen MR) is 195 cm³/mol. The smallest absolute Gasteiger partial charge is 0.262 e. The number of anilines is 1. The summed E-state index contributed by atoms with van der Waals surface area (Å²) in [6.07, 6.45) is 4.67. The number of aromatic nitrogens is 2. The molecule has 0 bridgehead atoms. The average Bonchev–Trinajstić information content (AvgIpc) is 3.40. The van der Waals surface area contributed by atoms with Crippen molar-refractivity contribution >= 4 is 29.3 Å². The van der Waals surface area contributed by atoms with Crippen molar-refractivity contribution in [2.75, 3.05) is 5.32 Å². The number of fused-ring (bicyclic) bond motifs is 1. The van der Waals surface area contributed by atoms with Gasteiger partial charge in [0.05, 0.1) is 22.9 Å². The first-order valence-electron chi connectivity index (χ1n) is 18.1. The van der Waals surface area contributed by atoms with Crippen molar-refractivity contribution in [3.63, 3.8) is 0 Å². The van der Waals surface area contributed by atoms with Crippen LogP contribution in [-0.2, 0) is 21.6 Å². The molecule has 7 rings (SSSR count). The fraction of sp³-hybridized carbons (Fsp3) is 0.366. The van der Waals surface area contributed by atoms with Gasteiger partial charge in [-0.05, 0) is 98.7 Å². The number of hydrogen-bond donors (Lipinski definition) is 3. The van der Waals surface area contributed by atoms with E-state index >= 15 is 0 Å². The molecule has 1 saturated heterocycles. The number of aliphatic hydroxyl groups is 1. The Bertz CT molecular complexity index is 2020. The Balaban J connectivity index is 0.895. The topological polar surface area (TPSA) is 160 Å². The number of nitrogens with one attached hydrogen (secondary N) is 2. The number of nitrogens with zero attached hydrogens (tertiary/aromatic N) is 3. The third-order valence-electron chi connectivity index (χ3n) is 10.4. The SMILES string of the molecule is CC(O)c1nccc(COc2ccc(C(C)(C)c3ccc(OC4CCC(Nc5ccc6c(c5)C(=O)N(C5CCC(=O)NC5=O)C6=O)CC4)cc3)cc2)n1. The molecule has 4 amide bonds.